The minimum absolute atomic E-state index is 0.274. The molecule has 0 saturated heterocycles. The first-order chi connectivity index (χ1) is 9.33. The lowest BCUT2D eigenvalue weighted by molar-refractivity contribution is 0.299. The molecule has 2 aromatic carbocycles. The van der Waals surface area contributed by atoms with Crippen LogP contribution in [0.4, 0.5) is 4.39 Å². The molecular weight excluding hydrogens is 241 g/mol. The highest BCUT2D eigenvalue weighted by atomic mass is 19.1. The van der Waals surface area contributed by atoms with E-state index < -0.39 is 0 Å². The van der Waals surface area contributed by atoms with E-state index in [0.717, 1.165) is 6.54 Å². The predicted octanol–water partition coefficient (Wildman–Crippen LogP) is 3.86. The van der Waals surface area contributed by atoms with Crippen molar-refractivity contribution in [3.8, 4) is 5.75 Å². The Hall–Kier alpha value is -2.29. The van der Waals surface area contributed by atoms with Crippen molar-refractivity contribution in [1.82, 2.24) is 4.57 Å². The fraction of sp³-hybridized carbons (Fsp3) is 0.125. The van der Waals surface area contributed by atoms with Gasteiger partial charge in [0.2, 0.25) is 0 Å². The van der Waals surface area contributed by atoms with Gasteiger partial charge in [0.25, 0.3) is 0 Å². The van der Waals surface area contributed by atoms with Gasteiger partial charge in [-0.1, -0.05) is 24.3 Å². The van der Waals surface area contributed by atoms with Gasteiger partial charge in [-0.05, 0) is 29.7 Å². The van der Waals surface area contributed by atoms with Crippen molar-refractivity contribution >= 4 is 10.9 Å². The molecule has 0 atom stereocenters. The predicted molar refractivity (Wildman–Crippen MR) is 73.8 cm³/mol. The van der Waals surface area contributed by atoms with E-state index in [1.54, 1.807) is 12.1 Å². The standard InChI is InChI=1S/C16H14FNO/c17-14-5-3-6-15(12-14)19-11-10-18-9-8-13-4-1-2-7-16(13)18/h1-9,12H,10-11H2. The SMILES string of the molecule is Fc1cccc(OCCn2ccc3ccccc32)c1. The molecule has 0 radical (unpaired) electrons. The lowest BCUT2D eigenvalue weighted by atomic mass is 10.2. The lowest BCUT2D eigenvalue weighted by Crippen LogP contribution is -2.07. The van der Waals surface area contributed by atoms with Crippen LogP contribution < -0.4 is 4.74 Å². The van der Waals surface area contributed by atoms with Gasteiger partial charge in [0.1, 0.15) is 18.2 Å². The van der Waals surface area contributed by atoms with Crippen molar-refractivity contribution in [2.24, 2.45) is 0 Å². The smallest absolute Gasteiger partial charge is 0.126 e. The highest BCUT2D eigenvalue weighted by Crippen LogP contribution is 2.16. The molecule has 0 saturated carbocycles. The van der Waals surface area contributed by atoms with Gasteiger partial charge in [0.05, 0.1) is 6.54 Å². The molecule has 0 spiro atoms. The van der Waals surface area contributed by atoms with E-state index in [1.165, 1.54) is 23.0 Å². The quantitative estimate of drug-likeness (QED) is 0.690. The summed E-state index contributed by atoms with van der Waals surface area (Å²) in [7, 11) is 0. The van der Waals surface area contributed by atoms with E-state index in [-0.39, 0.29) is 5.82 Å². The van der Waals surface area contributed by atoms with Crippen molar-refractivity contribution in [3.63, 3.8) is 0 Å². The average Bonchev–Trinajstić information content (AvgIpc) is 2.83. The number of benzene rings is 2. The zero-order valence-corrected chi connectivity index (χ0v) is 10.4. The molecule has 0 bridgehead atoms. The van der Waals surface area contributed by atoms with Crippen molar-refractivity contribution in [3.05, 3.63) is 66.6 Å². The molecule has 3 heteroatoms. The Morgan fingerprint density at radius 2 is 1.89 bits per heavy atom. The fourth-order valence-electron chi connectivity index (χ4n) is 2.15. The largest absolute Gasteiger partial charge is 0.492 e. The molecule has 1 aromatic heterocycles. The first kappa shape index (κ1) is 11.8. The van der Waals surface area contributed by atoms with Crippen LogP contribution in [0.3, 0.4) is 0 Å². The zero-order valence-electron chi connectivity index (χ0n) is 10.4. The molecule has 0 aliphatic rings. The first-order valence-corrected chi connectivity index (χ1v) is 6.25. The Balaban J connectivity index is 1.66. The molecule has 0 aliphatic carbocycles. The monoisotopic (exact) mass is 255 g/mol. The number of fused-ring (bicyclic) bond motifs is 1. The van der Waals surface area contributed by atoms with E-state index in [0.29, 0.717) is 12.4 Å². The third kappa shape index (κ3) is 2.60. The molecular formula is C16H14FNO. The van der Waals surface area contributed by atoms with Gasteiger partial charge >= 0.3 is 0 Å². The summed E-state index contributed by atoms with van der Waals surface area (Å²) >= 11 is 0. The summed E-state index contributed by atoms with van der Waals surface area (Å²) in [4.78, 5) is 0. The zero-order chi connectivity index (χ0) is 13.1. The number of rotatable bonds is 4. The van der Waals surface area contributed by atoms with Gasteiger partial charge < -0.3 is 9.30 Å². The Bertz CT molecular complexity index is 690. The van der Waals surface area contributed by atoms with Crippen molar-refractivity contribution < 1.29 is 9.13 Å². The Morgan fingerprint density at radius 3 is 2.79 bits per heavy atom. The summed E-state index contributed by atoms with van der Waals surface area (Å²) in [5.41, 5.74) is 1.19. The molecule has 0 unspecified atom stereocenters. The van der Waals surface area contributed by atoms with Gasteiger partial charge in [-0.25, -0.2) is 4.39 Å². The number of ether oxygens (including phenoxy) is 1. The van der Waals surface area contributed by atoms with Gasteiger partial charge in [-0.3, -0.25) is 0 Å². The van der Waals surface area contributed by atoms with Crippen LogP contribution in [0.2, 0.25) is 0 Å². The van der Waals surface area contributed by atoms with Gasteiger partial charge in [-0.15, -0.1) is 0 Å². The second-order valence-corrected chi connectivity index (χ2v) is 4.37. The second-order valence-electron chi connectivity index (χ2n) is 4.37. The Morgan fingerprint density at radius 1 is 1.00 bits per heavy atom. The minimum atomic E-state index is -0.274. The Labute approximate surface area is 111 Å². The Kier molecular flexibility index (Phi) is 3.19. The van der Waals surface area contributed by atoms with E-state index in [9.17, 15) is 4.39 Å². The van der Waals surface area contributed by atoms with Crippen LogP contribution in [-0.2, 0) is 6.54 Å². The third-order valence-corrected chi connectivity index (χ3v) is 3.08. The van der Waals surface area contributed by atoms with E-state index in [4.69, 9.17) is 4.74 Å². The number of hydrogen-bond acceptors (Lipinski definition) is 1. The van der Waals surface area contributed by atoms with Crippen LogP contribution in [0.25, 0.3) is 10.9 Å². The number of nitrogens with zero attached hydrogens (tertiary/aromatic N) is 1. The first-order valence-electron chi connectivity index (χ1n) is 6.25. The maximum Gasteiger partial charge on any atom is 0.126 e. The molecule has 0 N–H and O–H groups in total. The molecule has 3 aromatic rings. The molecule has 19 heavy (non-hydrogen) atoms. The average molecular weight is 255 g/mol. The molecule has 2 nitrogen and oxygen atoms in total. The second kappa shape index (κ2) is 5.14. The van der Waals surface area contributed by atoms with Crippen LogP contribution in [0.15, 0.2) is 60.8 Å². The van der Waals surface area contributed by atoms with Gasteiger partial charge in [0.15, 0.2) is 0 Å². The van der Waals surface area contributed by atoms with E-state index in [1.807, 2.05) is 18.3 Å². The van der Waals surface area contributed by atoms with Crippen molar-refractivity contribution in [2.75, 3.05) is 6.61 Å². The third-order valence-electron chi connectivity index (χ3n) is 3.08. The topological polar surface area (TPSA) is 14.2 Å². The summed E-state index contributed by atoms with van der Waals surface area (Å²) < 4.78 is 20.7. The summed E-state index contributed by atoms with van der Waals surface area (Å²) in [6.45, 7) is 1.26. The molecule has 3 rings (SSSR count). The van der Waals surface area contributed by atoms with Crippen molar-refractivity contribution in [1.29, 1.82) is 0 Å². The van der Waals surface area contributed by atoms with Crippen LogP contribution in [0, 0.1) is 5.82 Å². The van der Waals surface area contributed by atoms with Crippen LogP contribution in [0.5, 0.6) is 5.75 Å². The molecule has 0 amide bonds. The van der Waals surface area contributed by atoms with E-state index >= 15 is 0 Å². The van der Waals surface area contributed by atoms with Crippen LogP contribution >= 0.6 is 0 Å². The summed E-state index contributed by atoms with van der Waals surface area (Å²) in [6.07, 6.45) is 2.04. The molecule has 1 heterocycles. The summed E-state index contributed by atoms with van der Waals surface area (Å²) in [6, 6.07) is 16.5. The van der Waals surface area contributed by atoms with Crippen molar-refractivity contribution in [2.45, 2.75) is 6.54 Å². The van der Waals surface area contributed by atoms with Crippen LogP contribution in [0.1, 0.15) is 0 Å². The van der Waals surface area contributed by atoms with Gasteiger partial charge in [-0.2, -0.15) is 0 Å². The number of aromatic nitrogens is 1. The van der Waals surface area contributed by atoms with E-state index in [2.05, 4.69) is 22.8 Å². The molecule has 96 valence electrons. The lowest BCUT2D eigenvalue weighted by Gasteiger charge is -2.08. The molecule has 0 fully saturated rings. The number of para-hydroxylation sites is 1. The molecule has 0 aliphatic heterocycles. The minimum Gasteiger partial charge on any atom is -0.492 e. The summed E-state index contributed by atoms with van der Waals surface area (Å²) in [5, 5.41) is 1.22. The maximum absolute atomic E-state index is 13.0. The van der Waals surface area contributed by atoms with Gasteiger partial charge in [0, 0.05) is 17.8 Å². The fourth-order valence-corrected chi connectivity index (χ4v) is 2.15. The summed E-state index contributed by atoms with van der Waals surface area (Å²) in [5.74, 6) is 0.292. The van der Waals surface area contributed by atoms with Crippen LogP contribution in [-0.4, -0.2) is 11.2 Å². The maximum atomic E-state index is 13.0. The normalized spacial score (nSPS) is 10.8. The number of hydrogen-bond donors (Lipinski definition) is 0. The highest BCUT2D eigenvalue weighted by molar-refractivity contribution is 5.79. The highest BCUT2D eigenvalue weighted by Gasteiger charge is 2.00. The number of halogens is 1.